The molecule has 0 aliphatic heterocycles. The van der Waals surface area contributed by atoms with Gasteiger partial charge in [0, 0.05) is 12.6 Å². The number of carbonyl (C=O) groups is 1. The Kier molecular flexibility index (Phi) is 2.07. The number of rotatable bonds is 2. The molecule has 0 fully saturated rings. The summed E-state index contributed by atoms with van der Waals surface area (Å²) in [6.07, 6.45) is 0. The number of hydrogen-bond donors (Lipinski definition) is 2. The Balaban J connectivity index is 3.18. The van der Waals surface area contributed by atoms with E-state index in [1.807, 2.05) is 0 Å². The highest BCUT2D eigenvalue weighted by atomic mass is 19.3. The molecule has 0 radical (unpaired) electrons. The van der Waals surface area contributed by atoms with Gasteiger partial charge in [-0.15, -0.1) is 0 Å². The van der Waals surface area contributed by atoms with Crippen LogP contribution in [0.5, 0.6) is 0 Å². The molecule has 0 saturated carbocycles. The predicted molar refractivity (Wildman–Crippen MR) is 39.9 cm³/mol. The summed E-state index contributed by atoms with van der Waals surface area (Å²) in [5.74, 6) is -4.93. The van der Waals surface area contributed by atoms with Crippen LogP contribution in [0.25, 0.3) is 0 Å². The van der Waals surface area contributed by atoms with Crippen LogP contribution in [0.1, 0.15) is 28.9 Å². The van der Waals surface area contributed by atoms with Crippen molar-refractivity contribution in [3.63, 3.8) is 0 Å². The Morgan fingerprint density at radius 2 is 2.15 bits per heavy atom. The fraction of sp³-hybridized carbons (Fsp3) is 0.429. The molecule has 13 heavy (non-hydrogen) atoms. The number of aromatic carboxylic acids is 1. The quantitative estimate of drug-likeness (QED) is 0.743. The average molecular weight is 190 g/mol. The lowest BCUT2D eigenvalue weighted by molar-refractivity contribution is 0.0124. The van der Waals surface area contributed by atoms with Gasteiger partial charge in [-0.1, -0.05) is 0 Å². The molecule has 0 spiro atoms. The lowest BCUT2D eigenvalue weighted by atomic mass is 10.2. The third-order valence-corrected chi connectivity index (χ3v) is 1.50. The van der Waals surface area contributed by atoms with Crippen molar-refractivity contribution in [2.45, 2.75) is 19.8 Å². The molecule has 0 bridgehead atoms. The number of aryl methyl sites for hydroxylation is 1. The van der Waals surface area contributed by atoms with Gasteiger partial charge in [-0.05, 0) is 6.92 Å². The smallest absolute Gasteiger partial charge is 0.371 e. The van der Waals surface area contributed by atoms with Gasteiger partial charge in [0.05, 0.1) is 0 Å². The Bertz CT molecular complexity index is 341. The van der Waals surface area contributed by atoms with E-state index in [-0.39, 0.29) is 5.69 Å². The van der Waals surface area contributed by atoms with Gasteiger partial charge in [-0.25, -0.2) is 9.78 Å². The zero-order chi connectivity index (χ0) is 10.2. The van der Waals surface area contributed by atoms with Crippen molar-refractivity contribution in [1.29, 1.82) is 0 Å². The minimum absolute atomic E-state index is 0.0740. The number of halogens is 2. The Morgan fingerprint density at radius 1 is 1.62 bits per heavy atom. The van der Waals surface area contributed by atoms with Crippen LogP contribution in [0.2, 0.25) is 0 Å². The highest BCUT2D eigenvalue weighted by molar-refractivity contribution is 5.83. The fourth-order valence-electron chi connectivity index (χ4n) is 0.989. The minimum atomic E-state index is -3.12. The van der Waals surface area contributed by atoms with Crippen LogP contribution < -0.4 is 0 Å². The molecule has 1 heterocycles. The predicted octanol–water partition coefficient (Wildman–Crippen LogP) is 1.53. The molecule has 6 heteroatoms. The van der Waals surface area contributed by atoms with E-state index >= 15 is 0 Å². The average Bonchev–Trinajstić information content (AvgIpc) is 2.29. The number of H-pyrrole nitrogens is 1. The van der Waals surface area contributed by atoms with E-state index in [0.717, 1.165) is 0 Å². The summed E-state index contributed by atoms with van der Waals surface area (Å²) in [5.41, 5.74) is -0.449. The van der Waals surface area contributed by atoms with Gasteiger partial charge < -0.3 is 10.1 Å². The van der Waals surface area contributed by atoms with Crippen molar-refractivity contribution >= 4 is 5.97 Å². The minimum Gasteiger partial charge on any atom is -0.475 e. The molecule has 0 aromatic carbocycles. The standard InChI is InChI=1S/C7H8F2N2O2/c1-3-4(7(2,8)9)11-5(10-3)6(12)13/h1-2H3,(H,10,11)(H,12,13). The number of nitrogens with zero attached hydrogens (tertiary/aromatic N) is 1. The number of hydrogen-bond acceptors (Lipinski definition) is 2. The van der Waals surface area contributed by atoms with Gasteiger partial charge in [-0.3, -0.25) is 0 Å². The molecule has 1 aromatic rings. The molecule has 0 unspecified atom stereocenters. The molecule has 4 nitrogen and oxygen atoms in total. The van der Waals surface area contributed by atoms with Crippen molar-refractivity contribution in [3.8, 4) is 0 Å². The second-order valence-corrected chi connectivity index (χ2v) is 2.75. The lowest BCUT2D eigenvalue weighted by Crippen LogP contribution is -2.09. The molecule has 0 aliphatic carbocycles. The van der Waals surface area contributed by atoms with Gasteiger partial charge in [0.1, 0.15) is 5.69 Å². The summed E-state index contributed by atoms with van der Waals surface area (Å²) in [6, 6.07) is 0. The SMILES string of the molecule is Cc1[nH]c(C(=O)O)nc1C(C)(F)F. The summed E-state index contributed by atoms with van der Waals surface area (Å²) in [5, 5.41) is 8.45. The van der Waals surface area contributed by atoms with E-state index in [1.165, 1.54) is 6.92 Å². The highest BCUT2D eigenvalue weighted by Crippen LogP contribution is 2.27. The summed E-state index contributed by atoms with van der Waals surface area (Å²) in [7, 11) is 0. The van der Waals surface area contributed by atoms with Crippen molar-refractivity contribution in [3.05, 3.63) is 17.2 Å². The fourth-order valence-corrected chi connectivity index (χ4v) is 0.989. The highest BCUT2D eigenvalue weighted by Gasteiger charge is 2.31. The van der Waals surface area contributed by atoms with Crippen LogP contribution in [0.3, 0.4) is 0 Å². The normalized spacial score (nSPS) is 11.7. The monoisotopic (exact) mass is 190 g/mol. The molecule has 1 aromatic heterocycles. The van der Waals surface area contributed by atoms with Gasteiger partial charge in [-0.2, -0.15) is 8.78 Å². The molecule has 0 atom stereocenters. The largest absolute Gasteiger partial charge is 0.475 e. The molecule has 1 rings (SSSR count). The zero-order valence-electron chi connectivity index (χ0n) is 7.06. The number of imidazole rings is 1. The second kappa shape index (κ2) is 2.79. The number of aromatic amines is 1. The van der Waals surface area contributed by atoms with Crippen LogP contribution in [0.4, 0.5) is 8.78 Å². The van der Waals surface area contributed by atoms with Crippen LogP contribution in [0.15, 0.2) is 0 Å². The van der Waals surface area contributed by atoms with Gasteiger partial charge in [0.25, 0.3) is 5.92 Å². The maximum atomic E-state index is 12.7. The van der Waals surface area contributed by atoms with Gasteiger partial charge in [0.15, 0.2) is 0 Å². The van der Waals surface area contributed by atoms with Crippen LogP contribution >= 0.6 is 0 Å². The van der Waals surface area contributed by atoms with Crippen molar-refractivity contribution in [2.75, 3.05) is 0 Å². The van der Waals surface area contributed by atoms with Gasteiger partial charge >= 0.3 is 5.97 Å². The maximum Gasteiger partial charge on any atom is 0.371 e. The molecule has 0 aliphatic rings. The first-order chi connectivity index (χ1) is 5.82. The molecular weight excluding hydrogens is 182 g/mol. The molecule has 0 saturated heterocycles. The Labute approximate surface area is 72.6 Å². The summed E-state index contributed by atoms with van der Waals surface area (Å²) in [6.45, 7) is 2.02. The maximum absolute atomic E-state index is 12.7. The van der Waals surface area contributed by atoms with E-state index in [0.29, 0.717) is 6.92 Å². The molecule has 2 N–H and O–H groups in total. The van der Waals surface area contributed by atoms with E-state index in [1.54, 1.807) is 0 Å². The molecule has 0 amide bonds. The Hall–Kier alpha value is -1.46. The van der Waals surface area contributed by atoms with E-state index in [9.17, 15) is 13.6 Å². The molecule has 72 valence electrons. The number of carboxylic acids is 1. The van der Waals surface area contributed by atoms with E-state index < -0.39 is 23.4 Å². The first kappa shape index (κ1) is 9.63. The van der Waals surface area contributed by atoms with Crippen molar-refractivity contribution in [2.24, 2.45) is 0 Å². The third kappa shape index (κ3) is 1.82. The third-order valence-electron chi connectivity index (χ3n) is 1.50. The number of carboxylic acid groups (broad SMARTS) is 1. The first-order valence-corrected chi connectivity index (χ1v) is 3.50. The topological polar surface area (TPSA) is 66.0 Å². The second-order valence-electron chi connectivity index (χ2n) is 2.75. The van der Waals surface area contributed by atoms with Crippen LogP contribution in [-0.2, 0) is 5.92 Å². The van der Waals surface area contributed by atoms with Crippen LogP contribution in [0, 0.1) is 6.92 Å². The number of aromatic nitrogens is 2. The zero-order valence-corrected chi connectivity index (χ0v) is 7.06. The lowest BCUT2D eigenvalue weighted by Gasteiger charge is -2.06. The summed E-state index contributed by atoms with van der Waals surface area (Å²) < 4.78 is 25.4. The number of alkyl halides is 2. The van der Waals surface area contributed by atoms with E-state index in [4.69, 9.17) is 5.11 Å². The Morgan fingerprint density at radius 3 is 2.38 bits per heavy atom. The van der Waals surface area contributed by atoms with Crippen molar-refractivity contribution in [1.82, 2.24) is 9.97 Å². The number of nitrogens with one attached hydrogen (secondary N) is 1. The summed E-state index contributed by atoms with van der Waals surface area (Å²) >= 11 is 0. The van der Waals surface area contributed by atoms with E-state index in [2.05, 4.69) is 9.97 Å². The summed E-state index contributed by atoms with van der Waals surface area (Å²) in [4.78, 5) is 15.9. The van der Waals surface area contributed by atoms with Crippen LogP contribution in [-0.4, -0.2) is 21.0 Å². The molecular formula is C7H8F2N2O2. The van der Waals surface area contributed by atoms with Gasteiger partial charge in [0.2, 0.25) is 5.82 Å². The van der Waals surface area contributed by atoms with Crippen molar-refractivity contribution < 1.29 is 18.7 Å². The first-order valence-electron chi connectivity index (χ1n) is 3.50.